The van der Waals surface area contributed by atoms with E-state index in [1.54, 1.807) is 24.7 Å². The largest absolute Gasteiger partial charge is 0.490 e. The zero-order valence-electron chi connectivity index (χ0n) is 14.4. The van der Waals surface area contributed by atoms with Gasteiger partial charge < -0.3 is 19.5 Å². The molecule has 2 aliphatic rings. The van der Waals surface area contributed by atoms with Gasteiger partial charge in [-0.05, 0) is 31.1 Å². The van der Waals surface area contributed by atoms with Crippen molar-refractivity contribution in [1.29, 1.82) is 0 Å². The summed E-state index contributed by atoms with van der Waals surface area (Å²) in [6, 6.07) is 5.52. The number of amides is 1. The monoisotopic (exact) mass is 370 g/mol. The van der Waals surface area contributed by atoms with Crippen molar-refractivity contribution in [3.8, 4) is 11.4 Å². The Morgan fingerprint density at radius 1 is 1.35 bits per heavy atom. The van der Waals surface area contributed by atoms with Crippen molar-refractivity contribution in [3.05, 3.63) is 65.5 Å². The minimum atomic E-state index is -0.196. The summed E-state index contributed by atoms with van der Waals surface area (Å²) >= 11 is 6.08. The summed E-state index contributed by atoms with van der Waals surface area (Å²) in [6.07, 6.45) is 11.2. The van der Waals surface area contributed by atoms with E-state index in [-0.39, 0.29) is 12.0 Å². The van der Waals surface area contributed by atoms with Gasteiger partial charge in [-0.2, -0.15) is 0 Å². The number of imidazole rings is 1. The minimum Gasteiger partial charge on any atom is -0.490 e. The first-order chi connectivity index (χ1) is 12.6. The molecule has 0 saturated heterocycles. The van der Waals surface area contributed by atoms with E-state index in [9.17, 15) is 4.79 Å². The quantitative estimate of drug-likeness (QED) is 0.878. The molecule has 134 valence electrons. The standard InChI is InChI=1S/C19H19ClN4O2/c1-23-10-14(20)8-15(11-23)22-19(25)13-6-16(24-5-4-21-12-24)9-18(7-13)26-17-2-3-17/h4-10,12,17H,2-3,11H2,1H3,(H,22,25). The number of likely N-dealkylation sites (N-methyl/N-ethyl adjacent to an activating group) is 1. The molecule has 0 bridgehead atoms. The summed E-state index contributed by atoms with van der Waals surface area (Å²) in [5, 5.41) is 3.52. The molecular weight excluding hydrogens is 352 g/mol. The molecule has 0 atom stereocenters. The van der Waals surface area contributed by atoms with Crippen LogP contribution in [0.15, 0.2) is 59.9 Å². The van der Waals surface area contributed by atoms with E-state index >= 15 is 0 Å². The summed E-state index contributed by atoms with van der Waals surface area (Å²) in [5.74, 6) is 0.496. The molecule has 1 aromatic carbocycles. The van der Waals surface area contributed by atoms with Crippen LogP contribution >= 0.6 is 11.6 Å². The Bertz CT molecular complexity index is 885. The molecule has 1 N–H and O–H groups in total. The van der Waals surface area contributed by atoms with Gasteiger partial charge in [0.1, 0.15) is 5.75 Å². The van der Waals surface area contributed by atoms with Crippen molar-refractivity contribution in [1.82, 2.24) is 19.8 Å². The van der Waals surface area contributed by atoms with Crippen LogP contribution in [-0.2, 0) is 0 Å². The van der Waals surface area contributed by atoms with Gasteiger partial charge in [-0.3, -0.25) is 4.79 Å². The van der Waals surface area contributed by atoms with Crippen LogP contribution in [0.3, 0.4) is 0 Å². The first-order valence-corrected chi connectivity index (χ1v) is 8.84. The lowest BCUT2D eigenvalue weighted by molar-refractivity contribution is 0.0963. The third-order valence-corrected chi connectivity index (χ3v) is 4.34. The number of nitrogens with one attached hydrogen (secondary N) is 1. The van der Waals surface area contributed by atoms with Crippen LogP contribution in [0.2, 0.25) is 0 Å². The molecule has 1 amide bonds. The minimum absolute atomic E-state index is 0.196. The molecule has 4 rings (SSSR count). The van der Waals surface area contributed by atoms with Crippen molar-refractivity contribution in [2.75, 3.05) is 13.6 Å². The predicted octanol–water partition coefficient (Wildman–Crippen LogP) is 3.05. The lowest BCUT2D eigenvalue weighted by Gasteiger charge is -2.22. The molecule has 6 nitrogen and oxygen atoms in total. The van der Waals surface area contributed by atoms with Crippen molar-refractivity contribution < 1.29 is 9.53 Å². The second-order valence-electron chi connectivity index (χ2n) is 6.56. The Hall–Kier alpha value is -2.73. The summed E-state index contributed by atoms with van der Waals surface area (Å²) in [7, 11) is 1.91. The van der Waals surface area contributed by atoms with Gasteiger partial charge in [0.25, 0.3) is 5.91 Å². The van der Waals surface area contributed by atoms with E-state index in [1.165, 1.54) is 0 Å². The third-order valence-electron chi connectivity index (χ3n) is 4.13. The molecule has 0 radical (unpaired) electrons. The van der Waals surface area contributed by atoms with Crippen LogP contribution in [0.5, 0.6) is 5.75 Å². The van der Waals surface area contributed by atoms with Gasteiger partial charge in [-0.25, -0.2) is 4.98 Å². The molecule has 1 fully saturated rings. The smallest absolute Gasteiger partial charge is 0.255 e. The van der Waals surface area contributed by atoms with Gasteiger partial charge in [0, 0.05) is 43.0 Å². The molecule has 1 aliphatic carbocycles. The number of halogens is 1. The highest BCUT2D eigenvalue weighted by molar-refractivity contribution is 6.31. The zero-order chi connectivity index (χ0) is 18.1. The van der Waals surface area contributed by atoms with Crippen LogP contribution in [0.25, 0.3) is 5.69 Å². The third kappa shape index (κ3) is 3.91. The van der Waals surface area contributed by atoms with Gasteiger partial charge in [-0.1, -0.05) is 11.6 Å². The Kier molecular flexibility index (Phi) is 4.42. The molecular formula is C19H19ClN4O2. The average molecular weight is 371 g/mol. The second kappa shape index (κ2) is 6.88. The van der Waals surface area contributed by atoms with Crippen LogP contribution in [0, 0.1) is 0 Å². The van der Waals surface area contributed by atoms with Crippen molar-refractivity contribution in [3.63, 3.8) is 0 Å². The second-order valence-corrected chi connectivity index (χ2v) is 6.99. The van der Waals surface area contributed by atoms with E-state index in [4.69, 9.17) is 16.3 Å². The normalized spacial score (nSPS) is 16.8. The van der Waals surface area contributed by atoms with Crippen molar-refractivity contribution >= 4 is 17.5 Å². The van der Waals surface area contributed by atoms with E-state index < -0.39 is 0 Å². The number of rotatable bonds is 5. The fourth-order valence-corrected chi connectivity index (χ4v) is 3.09. The van der Waals surface area contributed by atoms with Gasteiger partial charge >= 0.3 is 0 Å². The highest BCUT2D eigenvalue weighted by Crippen LogP contribution is 2.29. The molecule has 1 saturated carbocycles. The fourth-order valence-electron chi connectivity index (χ4n) is 2.79. The lowest BCUT2D eigenvalue weighted by atomic mass is 10.1. The number of hydrogen-bond acceptors (Lipinski definition) is 4. The Morgan fingerprint density at radius 3 is 2.88 bits per heavy atom. The van der Waals surface area contributed by atoms with E-state index in [1.807, 2.05) is 41.0 Å². The van der Waals surface area contributed by atoms with Gasteiger partial charge in [-0.15, -0.1) is 0 Å². The summed E-state index contributed by atoms with van der Waals surface area (Å²) in [4.78, 5) is 18.8. The average Bonchev–Trinajstić information content (AvgIpc) is 3.22. The molecule has 26 heavy (non-hydrogen) atoms. The summed E-state index contributed by atoms with van der Waals surface area (Å²) in [6.45, 7) is 0.592. The number of carbonyl (C=O) groups excluding carboxylic acids is 1. The fraction of sp³-hybridized carbons (Fsp3) is 0.263. The number of benzene rings is 1. The molecule has 1 aromatic heterocycles. The van der Waals surface area contributed by atoms with Gasteiger partial charge in [0.15, 0.2) is 0 Å². The first kappa shape index (κ1) is 16.7. The maximum Gasteiger partial charge on any atom is 0.255 e. The zero-order valence-corrected chi connectivity index (χ0v) is 15.1. The molecule has 2 aromatic rings. The first-order valence-electron chi connectivity index (χ1n) is 8.46. The van der Waals surface area contributed by atoms with Crippen molar-refractivity contribution in [2.24, 2.45) is 0 Å². The van der Waals surface area contributed by atoms with E-state index in [2.05, 4.69) is 10.3 Å². The van der Waals surface area contributed by atoms with E-state index in [0.29, 0.717) is 22.9 Å². The van der Waals surface area contributed by atoms with Crippen LogP contribution in [0.4, 0.5) is 0 Å². The topological polar surface area (TPSA) is 59.4 Å². The van der Waals surface area contributed by atoms with Crippen LogP contribution in [0.1, 0.15) is 23.2 Å². The van der Waals surface area contributed by atoms with Crippen molar-refractivity contribution in [2.45, 2.75) is 18.9 Å². The van der Waals surface area contributed by atoms with E-state index in [0.717, 1.165) is 24.2 Å². The molecule has 7 heteroatoms. The summed E-state index contributed by atoms with van der Waals surface area (Å²) in [5.41, 5.74) is 2.11. The molecule has 1 aliphatic heterocycles. The highest BCUT2D eigenvalue weighted by atomic mass is 35.5. The molecule has 0 unspecified atom stereocenters. The maximum absolute atomic E-state index is 12.8. The Balaban J connectivity index is 1.61. The number of carbonyl (C=O) groups is 1. The Morgan fingerprint density at radius 2 is 2.19 bits per heavy atom. The number of nitrogens with zero attached hydrogens (tertiary/aromatic N) is 3. The SMILES string of the molecule is CN1C=C(Cl)C=C(NC(=O)c2cc(OC3CC3)cc(-n3ccnc3)c2)C1. The number of hydrogen-bond donors (Lipinski definition) is 1. The highest BCUT2D eigenvalue weighted by Gasteiger charge is 2.24. The Labute approximate surface area is 156 Å². The summed E-state index contributed by atoms with van der Waals surface area (Å²) < 4.78 is 7.76. The lowest BCUT2D eigenvalue weighted by Crippen LogP contribution is -2.31. The molecule has 0 spiro atoms. The number of allylic oxidation sites excluding steroid dienone is 2. The molecule has 2 heterocycles. The number of ether oxygens (including phenoxy) is 1. The van der Waals surface area contributed by atoms with Crippen LogP contribution < -0.4 is 10.1 Å². The maximum atomic E-state index is 12.8. The predicted molar refractivity (Wildman–Crippen MR) is 99.3 cm³/mol. The van der Waals surface area contributed by atoms with Crippen LogP contribution in [-0.4, -0.2) is 40.1 Å². The van der Waals surface area contributed by atoms with Gasteiger partial charge in [0.05, 0.1) is 29.7 Å². The van der Waals surface area contributed by atoms with Gasteiger partial charge in [0.2, 0.25) is 0 Å². The number of aromatic nitrogens is 2.